The molecule has 0 bridgehead atoms. The van der Waals surface area contributed by atoms with Crippen LogP contribution in [0.2, 0.25) is 0 Å². The van der Waals surface area contributed by atoms with E-state index in [0.717, 1.165) is 0 Å². The standard InChI is InChI=1S/C17H19F3N2O2/c1-5-24-15(23)12-13(22-16(2,3)4)10-8-6-7-9-11(10)21-14(12)17(18,19)20/h6-9H,5H2,1-4H3,(H,21,22). The third-order valence-electron chi connectivity index (χ3n) is 3.14. The Morgan fingerprint density at radius 2 is 1.83 bits per heavy atom. The number of nitrogens with zero attached hydrogens (tertiary/aromatic N) is 1. The number of ether oxygens (including phenoxy) is 1. The maximum atomic E-state index is 13.5. The molecule has 0 aliphatic heterocycles. The smallest absolute Gasteiger partial charge is 0.434 e. The summed E-state index contributed by atoms with van der Waals surface area (Å²) in [6.07, 6.45) is -4.78. The highest BCUT2D eigenvalue weighted by Gasteiger charge is 2.40. The van der Waals surface area contributed by atoms with Crippen LogP contribution in [-0.4, -0.2) is 23.1 Å². The van der Waals surface area contributed by atoms with Crippen LogP contribution >= 0.6 is 0 Å². The van der Waals surface area contributed by atoms with Crippen LogP contribution in [0.5, 0.6) is 0 Å². The van der Waals surface area contributed by atoms with Gasteiger partial charge in [0, 0.05) is 10.9 Å². The van der Waals surface area contributed by atoms with Gasteiger partial charge in [0.05, 0.1) is 17.8 Å². The lowest BCUT2D eigenvalue weighted by Crippen LogP contribution is -2.29. The Hall–Kier alpha value is -2.31. The SMILES string of the molecule is CCOC(=O)c1c(C(F)(F)F)nc2ccccc2c1NC(C)(C)C. The first-order valence-corrected chi connectivity index (χ1v) is 7.50. The van der Waals surface area contributed by atoms with E-state index in [1.807, 2.05) is 0 Å². The zero-order valence-corrected chi connectivity index (χ0v) is 13.9. The number of aromatic nitrogens is 1. The van der Waals surface area contributed by atoms with Gasteiger partial charge in [-0.15, -0.1) is 0 Å². The first-order valence-electron chi connectivity index (χ1n) is 7.50. The van der Waals surface area contributed by atoms with Gasteiger partial charge in [0.15, 0.2) is 5.69 Å². The minimum atomic E-state index is -4.78. The molecule has 0 fully saturated rings. The molecule has 0 saturated carbocycles. The fourth-order valence-corrected chi connectivity index (χ4v) is 2.32. The predicted molar refractivity (Wildman–Crippen MR) is 86.1 cm³/mol. The van der Waals surface area contributed by atoms with E-state index in [4.69, 9.17) is 4.74 Å². The van der Waals surface area contributed by atoms with Gasteiger partial charge in [-0.05, 0) is 33.8 Å². The van der Waals surface area contributed by atoms with Crippen LogP contribution in [0.1, 0.15) is 43.7 Å². The number of hydrogen-bond acceptors (Lipinski definition) is 4. The summed E-state index contributed by atoms with van der Waals surface area (Å²) in [5, 5.41) is 3.44. The zero-order chi connectivity index (χ0) is 18.1. The molecular formula is C17H19F3N2O2. The van der Waals surface area contributed by atoms with Crippen molar-refractivity contribution in [1.82, 2.24) is 4.98 Å². The number of nitrogens with one attached hydrogen (secondary N) is 1. The number of carbonyl (C=O) groups excluding carboxylic acids is 1. The third kappa shape index (κ3) is 3.77. The van der Waals surface area contributed by atoms with Gasteiger partial charge in [-0.25, -0.2) is 9.78 Å². The van der Waals surface area contributed by atoms with Crippen molar-refractivity contribution in [3.63, 3.8) is 0 Å². The van der Waals surface area contributed by atoms with Crippen LogP contribution in [0.15, 0.2) is 24.3 Å². The number of halogens is 3. The molecule has 1 N–H and O–H groups in total. The van der Waals surface area contributed by atoms with Crippen molar-refractivity contribution >= 4 is 22.6 Å². The number of hydrogen-bond donors (Lipinski definition) is 1. The maximum absolute atomic E-state index is 13.5. The first kappa shape index (κ1) is 18.0. The van der Waals surface area contributed by atoms with Crippen LogP contribution < -0.4 is 5.32 Å². The van der Waals surface area contributed by atoms with Crippen LogP contribution in [-0.2, 0) is 10.9 Å². The molecule has 0 saturated heterocycles. The van der Waals surface area contributed by atoms with E-state index in [1.54, 1.807) is 39.0 Å². The lowest BCUT2D eigenvalue weighted by atomic mass is 10.0. The van der Waals surface area contributed by atoms with E-state index >= 15 is 0 Å². The van der Waals surface area contributed by atoms with Crippen molar-refractivity contribution in [1.29, 1.82) is 0 Å². The Morgan fingerprint density at radius 1 is 1.21 bits per heavy atom. The van der Waals surface area contributed by atoms with Crippen molar-refractivity contribution in [3.05, 3.63) is 35.5 Å². The second-order valence-corrected chi connectivity index (χ2v) is 6.32. The monoisotopic (exact) mass is 340 g/mol. The van der Waals surface area contributed by atoms with Crippen LogP contribution in [0.25, 0.3) is 10.9 Å². The molecule has 1 aromatic heterocycles. The van der Waals surface area contributed by atoms with Crippen molar-refractivity contribution in [2.24, 2.45) is 0 Å². The third-order valence-corrected chi connectivity index (χ3v) is 3.14. The van der Waals surface area contributed by atoms with Gasteiger partial charge < -0.3 is 10.1 Å². The van der Waals surface area contributed by atoms with E-state index in [1.165, 1.54) is 13.0 Å². The van der Waals surface area contributed by atoms with Crippen LogP contribution in [0.4, 0.5) is 18.9 Å². The Bertz CT molecular complexity index is 765. The molecule has 2 rings (SSSR count). The Morgan fingerprint density at radius 3 is 2.38 bits per heavy atom. The lowest BCUT2D eigenvalue weighted by Gasteiger charge is -2.26. The van der Waals surface area contributed by atoms with Crippen molar-refractivity contribution in [2.45, 2.75) is 39.4 Å². The second kappa shape index (κ2) is 6.30. The van der Waals surface area contributed by atoms with E-state index in [0.29, 0.717) is 5.39 Å². The molecule has 2 aromatic rings. The van der Waals surface area contributed by atoms with Crippen LogP contribution in [0.3, 0.4) is 0 Å². The molecule has 0 aliphatic carbocycles. The Kier molecular flexibility index (Phi) is 4.73. The number of benzene rings is 1. The van der Waals surface area contributed by atoms with Crippen molar-refractivity contribution < 1.29 is 22.7 Å². The molecule has 0 amide bonds. The van der Waals surface area contributed by atoms with E-state index in [2.05, 4.69) is 10.3 Å². The molecule has 24 heavy (non-hydrogen) atoms. The molecule has 4 nitrogen and oxygen atoms in total. The maximum Gasteiger partial charge on any atom is 0.434 e. The second-order valence-electron chi connectivity index (χ2n) is 6.32. The number of carbonyl (C=O) groups is 1. The van der Waals surface area contributed by atoms with Crippen LogP contribution in [0, 0.1) is 0 Å². The molecular weight excluding hydrogens is 321 g/mol. The quantitative estimate of drug-likeness (QED) is 0.827. The molecule has 0 spiro atoms. The fourth-order valence-electron chi connectivity index (χ4n) is 2.32. The summed E-state index contributed by atoms with van der Waals surface area (Å²) in [6, 6.07) is 6.38. The summed E-state index contributed by atoms with van der Waals surface area (Å²) in [7, 11) is 0. The highest BCUT2D eigenvalue weighted by atomic mass is 19.4. The van der Waals surface area contributed by atoms with Gasteiger partial charge in [0.2, 0.25) is 0 Å². The number of esters is 1. The highest BCUT2D eigenvalue weighted by molar-refractivity contribution is 6.06. The van der Waals surface area contributed by atoms with Gasteiger partial charge in [-0.3, -0.25) is 0 Å². The summed E-state index contributed by atoms with van der Waals surface area (Å²) in [5.41, 5.74) is -2.15. The fraction of sp³-hybridized carbons (Fsp3) is 0.412. The molecule has 0 radical (unpaired) electrons. The van der Waals surface area contributed by atoms with E-state index < -0.39 is 28.9 Å². The predicted octanol–water partition coefficient (Wildman–Crippen LogP) is 4.64. The normalized spacial score (nSPS) is 12.3. The number of pyridine rings is 1. The molecule has 0 atom stereocenters. The highest BCUT2D eigenvalue weighted by Crippen LogP contribution is 2.38. The summed E-state index contributed by atoms with van der Waals surface area (Å²) in [5.74, 6) is -1.05. The number of anilines is 1. The minimum absolute atomic E-state index is 0.0298. The van der Waals surface area contributed by atoms with Gasteiger partial charge in [-0.1, -0.05) is 18.2 Å². The Balaban J connectivity index is 2.88. The topological polar surface area (TPSA) is 51.2 Å². The number of rotatable bonds is 3. The Labute approximate surface area is 138 Å². The molecule has 0 unspecified atom stereocenters. The number of alkyl halides is 3. The summed E-state index contributed by atoms with van der Waals surface area (Å²) in [6.45, 7) is 6.90. The average Bonchev–Trinajstić information content (AvgIpc) is 2.44. The largest absolute Gasteiger partial charge is 0.462 e. The van der Waals surface area contributed by atoms with Crippen molar-refractivity contribution in [2.75, 3.05) is 11.9 Å². The number of fused-ring (bicyclic) bond motifs is 1. The summed E-state index contributed by atoms with van der Waals surface area (Å²) in [4.78, 5) is 15.9. The minimum Gasteiger partial charge on any atom is -0.462 e. The number of para-hydroxylation sites is 1. The molecule has 1 heterocycles. The van der Waals surface area contributed by atoms with Gasteiger partial charge >= 0.3 is 12.1 Å². The zero-order valence-electron chi connectivity index (χ0n) is 13.9. The summed E-state index contributed by atoms with van der Waals surface area (Å²) < 4.78 is 45.3. The van der Waals surface area contributed by atoms with Gasteiger partial charge in [0.1, 0.15) is 5.56 Å². The van der Waals surface area contributed by atoms with E-state index in [-0.39, 0.29) is 17.8 Å². The summed E-state index contributed by atoms with van der Waals surface area (Å²) >= 11 is 0. The molecule has 0 aliphatic rings. The van der Waals surface area contributed by atoms with Crippen molar-refractivity contribution in [3.8, 4) is 0 Å². The molecule has 1 aromatic carbocycles. The van der Waals surface area contributed by atoms with Gasteiger partial charge in [-0.2, -0.15) is 13.2 Å². The molecule has 7 heteroatoms. The van der Waals surface area contributed by atoms with Gasteiger partial charge in [0.25, 0.3) is 0 Å². The average molecular weight is 340 g/mol. The molecule has 130 valence electrons. The van der Waals surface area contributed by atoms with E-state index in [9.17, 15) is 18.0 Å². The first-order chi connectivity index (χ1) is 11.0. The lowest BCUT2D eigenvalue weighted by molar-refractivity contribution is -0.141.